The zero-order valence-electron chi connectivity index (χ0n) is 11.2. The van der Waals surface area contributed by atoms with Crippen molar-refractivity contribution in [2.45, 2.75) is 37.3 Å². The lowest BCUT2D eigenvalue weighted by atomic mass is 10.0. The first-order valence-corrected chi connectivity index (χ1v) is 7.12. The molecular weight excluding hydrogens is 276 g/mol. The van der Waals surface area contributed by atoms with E-state index in [2.05, 4.69) is 10.1 Å². The summed E-state index contributed by atoms with van der Waals surface area (Å²) >= 11 is 0. The van der Waals surface area contributed by atoms with Gasteiger partial charge in [0.05, 0.1) is 6.04 Å². The molecule has 2 aliphatic rings. The van der Waals surface area contributed by atoms with Crippen LogP contribution < -0.4 is 0 Å². The second-order valence-corrected chi connectivity index (χ2v) is 5.76. The molecule has 1 N–H and O–H groups in total. The van der Waals surface area contributed by atoms with E-state index in [0.29, 0.717) is 12.8 Å². The molecule has 0 amide bonds. The van der Waals surface area contributed by atoms with Gasteiger partial charge >= 0.3 is 0 Å². The van der Waals surface area contributed by atoms with Crippen molar-refractivity contribution in [2.24, 2.45) is 5.92 Å². The number of hydrogen-bond acceptors (Lipinski definition) is 3. The van der Waals surface area contributed by atoms with E-state index < -0.39 is 24.4 Å². The molecule has 5 atom stereocenters. The summed E-state index contributed by atoms with van der Waals surface area (Å²) in [4.78, 5) is 4.10. The zero-order chi connectivity index (χ0) is 14.6. The summed E-state index contributed by atoms with van der Waals surface area (Å²) in [7, 11) is 0. The van der Waals surface area contributed by atoms with E-state index in [-0.39, 0.29) is 17.7 Å². The van der Waals surface area contributed by atoms with Crippen molar-refractivity contribution in [3.05, 3.63) is 47.5 Å². The number of alkyl halides is 2. The molecule has 1 aromatic carbocycles. The minimum atomic E-state index is -1.20. The van der Waals surface area contributed by atoms with E-state index in [1.165, 1.54) is 4.68 Å². The number of rotatable bonds is 3. The lowest BCUT2D eigenvalue weighted by Crippen LogP contribution is -2.10. The predicted molar refractivity (Wildman–Crippen MR) is 71.0 cm³/mol. The molecule has 1 aliphatic carbocycles. The second-order valence-electron chi connectivity index (χ2n) is 5.76. The van der Waals surface area contributed by atoms with Gasteiger partial charge in [-0.3, -0.25) is 0 Å². The van der Waals surface area contributed by atoms with Gasteiger partial charge in [0.1, 0.15) is 12.3 Å². The number of aromatic nitrogens is 3. The van der Waals surface area contributed by atoms with Crippen LogP contribution in [0.2, 0.25) is 0 Å². The predicted octanol–water partition coefficient (Wildman–Crippen LogP) is 2.67. The van der Waals surface area contributed by atoms with E-state index in [4.69, 9.17) is 0 Å². The highest BCUT2D eigenvalue weighted by Gasteiger charge is 2.46. The molecule has 1 aliphatic heterocycles. The fraction of sp³-hybridized carbons (Fsp3) is 0.467. The van der Waals surface area contributed by atoms with Crippen LogP contribution in [-0.2, 0) is 0 Å². The first-order valence-electron chi connectivity index (χ1n) is 7.12. The Morgan fingerprint density at radius 3 is 2.57 bits per heavy atom. The normalized spacial score (nSPS) is 32.0. The van der Waals surface area contributed by atoms with Crippen molar-refractivity contribution in [1.29, 1.82) is 0 Å². The number of benzene rings is 1. The number of aliphatic hydroxyl groups excluding tert-OH is 1. The monoisotopic (exact) mass is 291 g/mol. The van der Waals surface area contributed by atoms with Gasteiger partial charge in [0.2, 0.25) is 0 Å². The van der Waals surface area contributed by atoms with Gasteiger partial charge in [0.15, 0.2) is 17.8 Å². The smallest absolute Gasteiger partial charge is 0.179 e. The number of aliphatic hydroxyl groups is 1. The molecule has 1 aromatic heterocycles. The van der Waals surface area contributed by atoms with Gasteiger partial charge < -0.3 is 5.11 Å². The van der Waals surface area contributed by atoms with Crippen molar-refractivity contribution >= 4 is 0 Å². The molecule has 2 aromatic rings. The van der Waals surface area contributed by atoms with E-state index in [0.717, 1.165) is 5.56 Å². The summed E-state index contributed by atoms with van der Waals surface area (Å²) < 4.78 is 28.7. The average Bonchev–Trinajstić information content (AvgIpc) is 2.95. The molecular formula is C15H15F2N3O. The standard InChI is InChI=1S/C15H15F2N3O/c16-10-6-9(10)13(21)14-18-15-11(17)7-12(20(15)19-14)8-4-2-1-3-5-8/h1-5,9-13,21H,6-7H2/t9-,10-,11+,12+,13?/m1/s1. The summed E-state index contributed by atoms with van der Waals surface area (Å²) in [5.74, 6) is -0.0752. The minimum Gasteiger partial charge on any atom is -0.385 e. The van der Waals surface area contributed by atoms with Crippen LogP contribution in [0.3, 0.4) is 0 Å². The molecule has 4 nitrogen and oxygen atoms in total. The lowest BCUT2D eigenvalue weighted by Gasteiger charge is -2.12. The average molecular weight is 291 g/mol. The van der Waals surface area contributed by atoms with Crippen molar-refractivity contribution in [2.75, 3.05) is 0 Å². The van der Waals surface area contributed by atoms with Crippen molar-refractivity contribution in [1.82, 2.24) is 14.8 Å². The van der Waals surface area contributed by atoms with Crippen LogP contribution in [0.4, 0.5) is 8.78 Å². The number of nitrogens with zero attached hydrogens (tertiary/aromatic N) is 3. The van der Waals surface area contributed by atoms with Crippen LogP contribution in [0, 0.1) is 5.92 Å². The molecule has 21 heavy (non-hydrogen) atoms. The highest BCUT2D eigenvalue weighted by Crippen LogP contribution is 2.45. The molecule has 2 heterocycles. The molecule has 0 spiro atoms. The quantitative estimate of drug-likeness (QED) is 0.946. The Balaban J connectivity index is 1.68. The fourth-order valence-corrected chi connectivity index (χ4v) is 2.97. The van der Waals surface area contributed by atoms with Crippen molar-refractivity contribution in [3.63, 3.8) is 0 Å². The Kier molecular flexibility index (Phi) is 2.82. The van der Waals surface area contributed by atoms with Crippen LogP contribution in [0.15, 0.2) is 30.3 Å². The first kappa shape index (κ1) is 12.9. The Bertz CT molecular complexity index is 660. The summed E-state index contributed by atoms with van der Waals surface area (Å²) in [6, 6.07) is 9.31. The molecule has 6 heteroatoms. The van der Waals surface area contributed by atoms with E-state index in [9.17, 15) is 13.9 Å². The van der Waals surface area contributed by atoms with Gasteiger partial charge in [-0.2, -0.15) is 5.10 Å². The number of hydrogen-bond donors (Lipinski definition) is 1. The molecule has 4 rings (SSSR count). The van der Waals surface area contributed by atoms with Crippen LogP contribution in [0.5, 0.6) is 0 Å². The van der Waals surface area contributed by atoms with Crippen LogP contribution >= 0.6 is 0 Å². The Morgan fingerprint density at radius 1 is 1.19 bits per heavy atom. The SMILES string of the molecule is OC(c1nc2n(n1)[C@H](c1ccccc1)C[C@@H]2F)[C@@H]1C[C@H]1F. The van der Waals surface area contributed by atoms with E-state index in [1.54, 1.807) is 0 Å². The van der Waals surface area contributed by atoms with Gasteiger partial charge in [-0.05, 0) is 12.0 Å². The molecule has 0 radical (unpaired) electrons. The first-order chi connectivity index (χ1) is 10.1. The fourth-order valence-electron chi connectivity index (χ4n) is 2.97. The van der Waals surface area contributed by atoms with Gasteiger partial charge in [-0.15, -0.1) is 0 Å². The lowest BCUT2D eigenvalue weighted by molar-refractivity contribution is 0.131. The molecule has 0 bridgehead atoms. The summed E-state index contributed by atoms with van der Waals surface area (Å²) in [5.41, 5.74) is 0.958. The third-order valence-electron chi connectivity index (χ3n) is 4.29. The Hall–Kier alpha value is -1.82. The van der Waals surface area contributed by atoms with Crippen molar-refractivity contribution < 1.29 is 13.9 Å². The third kappa shape index (κ3) is 2.05. The van der Waals surface area contributed by atoms with Crippen LogP contribution in [-0.4, -0.2) is 26.0 Å². The number of halogens is 2. The molecule has 1 fully saturated rings. The zero-order valence-corrected chi connectivity index (χ0v) is 11.2. The Labute approximate surface area is 120 Å². The number of fused-ring (bicyclic) bond motifs is 1. The van der Waals surface area contributed by atoms with Crippen LogP contribution in [0.25, 0.3) is 0 Å². The maximum atomic E-state index is 14.1. The molecule has 110 valence electrons. The third-order valence-corrected chi connectivity index (χ3v) is 4.29. The van der Waals surface area contributed by atoms with Gasteiger partial charge in [-0.25, -0.2) is 18.4 Å². The van der Waals surface area contributed by atoms with E-state index >= 15 is 0 Å². The summed E-state index contributed by atoms with van der Waals surface area (Å²) in [6.07, 6.45) is -2.62. The highest BCUT2D eigenvalue weighted by molar-refractivity contribution is 5.24. The second kappa shape index (κ2) is 4.59. The maximum Gasteiger partial charge on any atom is 0.179 e. The largest absolute Gasteiger partial charge is 0.385 e. The summed E-state index contributed by atoms with van der Waals surface area (Å²) in [6.45, 7) is 0. The van der Waals surface area contributed by atoms with Gasteiger partial charge in [0, 0.05) is 12.3 Å². The van der Waals surface area contributed by atoms with Crippen LogP contribution in [0.1, 0.15) is 48.4 Å². The molecule has 1 unspecified atom stereocenters. The summed E-state index contributed by atoms with van der Waals surface area (Å²) in [5, 5.41) is 14.3. The molecule has 0 saturated heterocycles. The van der Waals surface area contributed by atoms with E-state index in [1.807, 2.05) is 30.3 Å². The van der Waals surface area contributed by atoms with Gasteiger partial charge in [0.25, 0.3) is 0 Å². The minimum absolute atomic E-state index is 0.137. The van der Waals surface area contributed by atoms with Crippen molar-refractivity contribution in [3.8, 4) is 0 Å². The Morgan fingerprint density at radius 2 is 1.90 bits per heavy atom. The topological polar surface area (TPSA) is 50.9 Å². The highest BCUT2D eigenvalue weighted by atomic mass is 19.1. The van der Waals surface area contributed by atoms with Gasteiger partial charge in [-0.1, -0.05) is 30.3 Å². The maximum absolute atomic E-state index is 14.1. The molecule has 1 saturated carbocycles.